The summed E-state index contributed by atoms with van der Waals surface area (Å²) in [5.41, 5.74) is 2.48. The molecule has 1 fully saturated rings. The monoisotopic (exact) mass is 417 g/mol. The minimum absolute atomic E-state index is 0.161. The predicted octanol–water partition coefficient (Wildman–Crippen LogP) is 3.76. The maximum Gasteiger partial charge on any atom is 0.203 e. The van der Waals surface area contributed by atoms with Gasteiger partial charge in [-0.2, -0.15) is 0 Å². The van der Waals surface area contributed by atoms with Crippen molar-refractivity contribution in [3.8, 4) is 17.2 Å². The maximum atomic E-state index is 6.02. The first-order valence-corrected chi connectivity index (χ1v) is 9.92. The summed E-state index contributed by atoms with van der Waals surface area (Å²) in [6, 6.07) is 12.0. The van der Waals surface area contributed by atoms with Gasteiger partial charge >= 0.3 is 0 Å². The number of aliphatic imine (C=N–C) groups is 1. The van der Waals surface area contributed by atoms with E-state index in [4.69, 9.17) is 25.8 Å². The van der Waals surface area contributed by atoms with E-state index in [2.05, 4.69) is 27.8 Å². The van der Waals surface area contributed by atoms with Gasteiger partial charge < -0.3 is 24.8 Å². The molecule has 0 bridgehead atoms. The third-order valence-corrected chi connectivity index (χ3v) is 5.56. The summed E-state index contributed by atoms with van der Waals surface area (Å²) in [5.74, 6) is 2.59. The molecule has 1 aliphatic carbocycles. The van der Waals surface area contributed by atoms with Crippen LogP contribution in [-0.2, 0) is 12.0 Å². The van der Waals surface area contributed by atoms with Crippen LogP contribution in [0.4, 0.5) is 0 Å². The van der Waals surface area contributed by atoms with Crippen molar-refractivity contribution in [3.63, 3.8) is 0 Å². The normalized spacial score (nSPS) is 14.9. The number of benzene rings is 2. The summed E-state index contributed by atoms with van der Waals surface area (Å²) in [4.78, 5) is 4.35. The Bertz CT molecular complexity index is 839. The molecule has 3 rings (SSSR count). The third-order valence-electron chi connectivity index (χ3n) is 5.31. The molecule has 0 spiro atoms. The first kappa shape index (κ1) is 21.1. The molecule has 7 heteroatoms. The second-order valence-electron chi connectivity index (χ2n) is 7.10. The van der Waals surface area contributed by atoms with Gasteiger partial charge in [0.05, 0.1) is 21.3 Å². The van der Waals surface area contributed by atoms with E-state index in [1.807, 2.05) is 24.3 Å². The van der Waals surface area contributed by atoms with Crippen LogP contribution in [0.2, 0.25) is 5.02 Å². The number of hydrogen-bond donors (Lipinski definition) is 2. The standard InChI is InChI=1S/C22H28ClN3O3/c1-24-21(26-14-22(9-10-22)16-5-7-17(23)8-6-16)25-13-15-11-18(27-2)20(29-4)19(12-15)28-3/h5-8,11-12H,9-10,13-14H2,1-4H3,(H2,24,25,26). The molecule has 0 saturated heterocycles. The highest BCUT2D eigenvalue weighted by Crippen LogP contribution is 2.47. The number of hydrogen-bond acceptors (Lipinski definition) is 4. The summed E-state index contributed by atoms with van der Waals surface area (Å²) in [6.07, 6.45) is 2.32. The van der Waals surface area contributed by atoms with Crippen LogP contribution < -0.4 is 24.8 Å². The summed E-state index contributed by atoms with van der Waals surface area (Å²) in [5, 5.41) is 7.57. The van der Waals surface area contributed by atoms with Crippen LogP contribution >= 0.6 is 11.6 Å². The van der Waals surface area contributed by atoms with Crippen molar-refractivity contribution in [3.05, 3.63) is 52.5 Å². The van der Waals surface area contributed by atoms with Crippen molar-refractivity contribution >= 4 is 17.6 Å². The highest BCUT2D eigenvalue weighted by molar-refractivity contribution is 6.30. The summed E-state index contributed by atoms with van der Waals surface area (Å²) < 4.78 is 16.2. The van der Waals surface area contributed by atoms with Crippen LogP contribution in [0.1, 0.15) is 24.0 Å². The lowest BCUT2D eigenvalue weighted by atomic mass is 9.96. The third kappa shape index (κ3) is 4.88. The van der Waals surface area contributed by atoms with Crippen LogP contribution in [0, 0.1) is 0 Å². The average Bonchev–Trinajstić information content (AvgIpc) is 3.54. The summed E-state index contributed by atoms with van der Waals surface area (Å²) in [6.45, 7) is 1.40. The zero-order chi connectivity index (χ0) is 20.9. The number of nitrogens with one attached hydrogen (secondary N) is 2. The van der Waals surface area contributed by atoms with E-state index in [0.29, 0.717) is 23.8 Å². The van der Waals surface area contributed by atoms with E-state index >= 15 is 0 Å². The number of guanidine groups is 1. The fraction of sp³-hybridized carbons (Fsp3) is 0.409. The zero-order valence-corrected chi connectivity index (χ0v) is 18.1. The van der Waals surface area contributed by atoms with Gasteiger partial charge in [0, 0.05) is 30.6 Å². The van der Waals surface area contributed by atoms with Crippen LogP contribution in [0.15, 0.2) is 41.4 Å². The molecule has 2 N–H and O–H groups in total. The molecule has 0 amide bonds. The molecule has 0 atom stereocenters. The minimum Gasteiger partial charge on any atom is -0.493 e. The van der Waals surface area contributed by atoms with Crippen LogP contribution in [-0.4, -0.2) is 40.9 Å². The molecule has 2 aromatic rings. The molecule has 0 radical (unpaired) electrons. The van der Waals surface area contributed by atoms with Gasteiger partial charge in [-0.25, -0.2) is 0 Å². The highest BCUT2D eigenvalue weighted by Gasteiger charge is 2.44. The van der Waals surface area contributed by atoms with E-state index in [0.717, 1.165) is 35.9 Å². The Balaban J connectivity index is 1.62. The Kier molecular flexibility index (Phi) is 6.75. The second kappa shape index (κ2) is 9.27. The van der Waals surface area contributed by atoms with Crippen molar-refractivity contribution in [2.24, 2.45) is 4.99 Å². The predicted molar refractivity (Wildman–Crippen MR) is 117 cm³/mol. The molecular weight excluding hydrogens is 390 g/mol. The maximum absolute atomic E-state index is 6.02. The smallest absolute Gasteiger partial charge is 0.203 e. The average molecular weight is 418 g/mol. The Morgan fingerprint density at radius 3 is 2.10 bits per heavy atom. The minimum atomic E-state index is 0.161. The molecular formula is C22H28ClN3O3. The van der Waals surface area contributed by atoms with Gasteiger partial charge in [-0.05, 0) is 48.2 Å². The van der Waals surface area contributed by atoms with E-state index < -0.39 is 0 Å². The quantitative estimate of drug-likeness (QED) is 0.505. The van der Waals surface area contributed by atoms with Gasteiger partial charge in [0.2, 0.25) is 5.75 Å². The molecule has 0 unspecified atom stereocenters. The molecule has 6 nitrogen and oxygen atoms in total. The van der Waals surface area contributed by atoms with E-state index in [-0.39, 0.29) is 5.41 Å². The first-order valence-electron chi connectivity index (χ1n) is 9.54. The van der Waals surface area contributed by atoms with E-state index in [1.54, 1.807) is 28.4 Å². The molecule has 1 saturated carbocycles. The zero-order valence-electron chi connectivity index (χ0n) is 17.3. The number of halogens is 1. The topological polar surface area (TPSA) is 64.1 Å². The largest absolute Gasteiger partial charge is 0.493 e. The lowest BCUT2D eigenvalue weighted by Gasteiger charge is -2.20. The lowest BCUT2D eigenvalue weighted by Crippen LogP contribution is -2.40. The second-order valence-corrected chi connectivity index (χ2v) is 7.54. The van der Waals surface area contributed by atoms with Gasteiger partial charge in [0.1, 0.15) is 0 Å². The Morgan fingerprint density at radius 1 is 1.00 bits per heavy atom. The first-order chi connectivity index (χ1) is 14.0. The Hall–Kier alpha value is -2.60. The van der Waals surface area contributed by atoms with Gasteiger partial charge in [0.15, 0.2) is 17.5 Å². The van der Waals surface area contributed by atoms with Crippen molar-refractivity contribution in [2.75, 3.05) is 34.9 Å². The molecule has 0 aromatic heterocycles. The molecule has 29 heavy (non-hydrogen) atoms. The fourth-order valence-corrected chi connectivity index (χ4v) is 3.54. The molecule has 0 aliphatic heterocycles. The Labute approximate surface area is 177 Å². The van der Waals surface area contributed by atoms with Gasteiger partial charge in [0.25, 0.3) is 0 Å². The van der Waals surface area contributed by atoms with Gasteiger partial charge in [-0.15, -0.1) is 0 Å². The van der Waals surface area contributed by atoms with Gasteiger partial charge in [-0.1, -0.05) is 23.7 Å². The number of rotatable bonds is 8. The molecule has 2 aromatic carbocycles. The number of ether oxygens (including phenoxy) is 3. The van der Waals surface area contributed by atoms with Crippen LogP contribution in [0.25, 0.3) is 0 Å². The highest BCUT2D eigenvalue weighted by atomic mass is 35.5. The molecule has 1 aliphatic rings. The van der Waals surface area contributed by atoms with Gasteiger partial charge in [-0.3, -0.25) is 4.99 Å². The van der Waals surface area contributed by atoms with Crippen molar-refractivity contribution in [1.29, 1.82) is 0 Å². The van der Waals surface area contributed by atoms with E-state index in [1.165, 1.54) is 5.56 Å². The SMILES string of the molecule is CN=C(NCc1cc(OC)c(OC)c(OC)c1)NCC1(c2ccc(Cl)cc2)CC1. The van der Waals surface area contributed by atoms with Crippen molar-refractivity contribution in [2.45, 2.75) is 24.8 Å². The fourth-order valence-electron chi connectivity index (χ4n) is 3.42. The number of nitrogens with zero attached hydrogens (tertiary/aromatic N) is 1. The van der Waals surface area contributed by atoms with Crippen LogP contribution in [0.3, 0.4) is 0 Å². The van der Waals surface area contributed by atoms with E-state index in [9.17, 15) is 0 Å². The van der Waals surface area contributed by atoms with Crippen molar-refractivity contribution in [1.82, 2.24) is 10.6 Å². The summed E-state index contributed by atoms with van der Waals surface area (Å²) >= 11 is 6.02. The number of methoxy groups -OCH3 is 3. The lowest BCUT2D eigenvalue weighted by molar-refractivity contribution is 0.323. The van der Waals surface area contributed by atoms with Crippen LogP contribution in [0.5, 0.6) is 17.2 Å². The Morgan fingerprint density at radius 2 is 1.62 bits per heavy atom. The summed E-state index contributed by atoms with van der Waals surface area (Å²) in [7, 11) is 6.59. The molecule has 0 heterocycles. The molecule has 156 valence electrons. The van der Waals surface area contributed by atoms with Crippen molar-refractivity contribution < 1.29 is 14.2 Å².